The molecular formula is C20H36N4O8S. The van der Waals surface area contributed by atoms with Crippen LogP contribution in [-0.2, 0) is 24.0 Å². The molecule has 0 saturated heterocycles. The topological polar surface area (TPSA) is 208 Å². The number of carbonyl (C=O) groups excluding carboxylic acids is 3. The Morgan fingerprint density at radius 1 is 0.909 bits per heavy atom. The van der Waals surface area contributed by atoms with Gasteiger partial charge in [0.2, 0.25) is 17.7 Å². The first-order valence-corrected chi connectivity index (χ1v) is 12.0. The van der Waals surface area contributed by atoms with Crippen molar-refractivity contribution in [1.29, 1.82) is 0 Å². The van der Waals surface area contributed by atoms with Crippen LogP contribution in [0.2, 0.25) is 0 Å². The Morgan fingerprint density at radius 2 is 1.48 bits per heavy atom. The minimum Gasteiger partial charge on any atom is -0.481 e. The summed E-state index contributed by atoms with van der Waals surface area (Å²) in [6.45, 7) is 4.68. The number of nitrogens with one attached hydrogen (secondary N) is 3. The first-order valence-electron chi connectivity index (χ1n) is 10.6. The van der Waals surface area contributed by atoms with Gasteiger partial charge in [0.1, 0.15) is 18.1 Å². The van der Waals surface area contributed by atoms with Crippen LogP contribution in [0.3, 0.4) is 0 Å². The van der Waals surface area contributed by atoms with Crippen LogP contribution in [0, 0.1) is 5.92 Å². The number of nitrogens with two attached hydrogens (primary N) is 1. The van der Waals surface area contributed by atoms with Gasteiger partial charge in [-0.1, -0.05) is 20.3 Å². The van der Waals surface area contributed by atoms with Crippen LogP contribution >= 0.6 is 11.8 Å². The number of carboxylic acids is 2. The molecule has 0 spiro atoms. The van der Waals surface area contributed by atoms with Gasteiger partial charge in [-0.3, -0.25) is 19.2 Å². The minimum absolute atomic E-state index is 0.122. The van der Waals surface area contributed by atoms with E-state index < -0.39 is 65.8 Å². The Balaban J connectivity index is 5.39. The number of carbonyl (C=O) groups is 5. The predicted molar refractivity (Wildman–Crippen MR) is 122 cm³/mol. The van der Waals surface area contributed by atoms with Crippen molar-refractivity contribution in [2.45, 2.75) is 76.7 Å². The zero-order valence-electron chi connectivity index (χ0n) is 19.4. The lowest BCUT2D eigenvalue weighted by atomic mass is 9.98. The Morgan fingerprint density at radius 3 is 1.94 bits per heavy atom. The molecule has 0 saturated carbocycles. The van der Waals surface area contributed by atoms with E-state index in [1.54, 1.807) is 20.1 Å². The highest BCUT2D eigenvalue weighted by Crippen LogP contribution is 2.09. The molecule has 0 fully saturated rings. The fraction of sp³-hybridized carbons (Fsp3) is 0.750. The molecule has 190 valence electrons. The quantitative estimate of drug-likeness (QED) is 0.138. The lowest BCUT2D eigenvalue weighted by Crippen LogP contribution is -2.60. The van der Waals surface area contributed by atoms with Gasteiger partial charge >= 0.3 is 11.9 Å². The maximum Gasteiger partial charge on any atom is 0.326 e. The van der Waals surface area contributed by atoms with E-state index in [1.807, 2.05) is 0 Å². The van der Waals surface area contributed by atoms with E-state index in [9.17, 15) is 34.2 Å². The average Bonchev–Trinajstić information content (AvgIpc) is 2.75. The molecule has 3 amide bonds. The lowest BCUT2D eigenvalue weighted by Gasteiger charge is -2.27. The fourth-order valence-electron chi connectivity index (χ4n) is 2.78. The molecule has 0 heterocycles. The van der Waals surface area contributed by atoms with Crippen molar-refractivity contribution in [3.63, 3.8) is 0 Å². The Bertz CT molecular complexity index is 691. The second kappa shape index (κ2) is 15.5. The van der Waals surface area contributed by atoms with Crippen LogP contribution < -0.4 is 21.7 Å². The third kappa shape index (κ3) is 11.3. The number of hydrogen-bond donors (Lipinski definition) is 7. The number of aliphatic carboxylic acids is 2. The molecule has 8 N–H and O–H groups in total. The highest BCUT2D eigenvalue weighted by atomic mass is 32.2. The third-order valence-corrected chi connectivity index (χ3v) is 5.73. The molecule has 13 heteroatoms. The molecule has 0 aliphatic heterocycles. The van der Waals surface area contributed by atoms with E-state index in [0.29, 0.717) is 12.2 Å². The number of thioether (sulfide) groups is 1. The van der Waals surface area contributed by atoms with Gasteiger partial charge in [-0.15, -0.1) is 0 Å². The molecule has 33 heavy (non-hydrogen) atoms. The summed E-state index contributed by atoms with van der Waals surface area (Å²) >= 11 is 1.41. The normalized spacial score (nSPS) is 16.4. The smallest absolute Gasteiger partial charge is 0.326 e. The largest absolute Gasteiger partial charge is 0.481 e. The molecule has 12 nitrogen and oxygen atoms in total. The van der Waals surface area contributed by atoms with Crippen molar-refractivity contribution in [2.75, 3.05) is 12.0 Å². The average molecular weight is 493 g/mol. The highest BCUT2D eigenvalue weighted by molar-refractivity contribution is 7.98. The van der Waals surface area contributed by atoms with Crippen LogP contribution in [-0.4, -0.2) is 87.3 Å². The molecule has 0 rings (SSSR count). The summed E-state index contributed by atoms with van der Waals surface area (Å²) in [5.41, 5.74) is 5.69. The SMILES string of the molecule is CCC(C)C(NC(=O)C(NC(=O)C(CCSC)NC(=O)C(N)CCC(=O)O)C(C)O)C(=O)O. The summed E-state index contributed by atoms with van der Waals surface area (Å²) in [5.74, 6) is -4.63. The van der Waals surface area contributed by atoms with Crippen molar-refractivity contribution in [2.24, 2.45) is 11.7 Å². The molecule has 0 aromatic heterocycles. The van der Waals surface area contributed by atoms with Crippen molar-refractivity contribution in [1.82, 2.24) is 16.0 Å². The van der Waals surface area contributed by atoms with Gasteiger partial charge in [0.05, 0.1) is 12.1 Å². The zero-order valence-corrected chi connectivity index (χ0v) is 20.2. The van der Waals surface area contributed by atoms with Crippen LogP contribution in [0.1, 0.15) is 46.5 Å². The number of aliphatic hydroxyl groups is 1. The number of carboxylic acid groups (broad SMARTS) is 2. The van der Waals surface area contributed by atoms with Gasteiger partial charge in [0.25, 0.3) is 0 Å². The van der Waals surface area contributed by atoms with Crippen molar-refractivity contribution in [3.8, 4) is 0 Å². The van der Waals surface area contributed by atoms with Crippen LogP contribution in [0.25, 0.3) is 0 Å². The first-order chi connectivity index (χ1) is 15.3. The van der Waals surface area contributed by atoms with E-state index in [0.717, 1.165) is 0 Å². The molecule has 6 atom stereocenters. The summed E-state index contributed by atoms with van der Waals surface area (Å²) in [7, 11) is 0. The van der Waals surface area contributed by atoms with Crippen LogP contribution in [0.4, 0.5) is 0 Å². The molecule has 0 aromatic rings. The first kappa shape index (κ1) is 30.6. The monoisotopic (exact) mass is 492 g/mol. The third-order valence-electron chi connectivity index (χ3n) is 5.09. The van der Waals surface area contributed by atoms with E-state index >= 15 is 0 Å². The van der Waals surface area contributed by atoms with E-state index in [2.05, 4.69) is 16.0 Å². The van der Waals surface area contributed by atoms with Gasteiger partial charge in [-0.25, -0.2) is 4.79 Å². The van der Waals surface area contributed by atoms with E-state index in [1.165, 1.54) is 18.7 Å². The summed E-state index contributed by atoms with van der Waals surface area (Å²) in [4.78, 5) is 60.0. The van der Waals surface area contributed by atoms with Gasteiger partial charge < -0.3 is 37.0 Å². The zero-order chi connectivity index (χ0) is 25.7. The van der Waals surface area contributed by atoms with Crippen molar-refractivity contribution < 1.29 is 39.3 Å². The number of aliphatic hydroxyl groups excluding tert-OH is 1. The Kier molecular flexibility index (Phi) is 14.3. The predicted octanol–water partition coefficient (Wildman–Crippen LogP) is -1.10. The second-order valence-electron chi connectivity index (χ2n) is 7.82. The molecular weight excluding hydrogens is 456 g/mol. The van der Waals surface area contributed by atoms with Crippen LogP contribution in [0.5, 0.6) is 0 Å². The Hall–Kier alpha value is -2.38. The summed E-state index contributed by atoms with van der Waals surface area (Å²) in [6.07, 6.45) is 0.666. The molecule has 0 aliphatic rings. The van der Waals surface area contributed by atoms with Gasteiger partial charge in [0.15, 0.2) is 0 Å². The maximum atomic E-state index is 12.8. The fourth-order valence-corrected chi connectivity index (χ4v) is 3.25. The van der Waals surface area contributed by atoms with Gasteiger partial charge in [-0.2, -0.15) is 11.8 Å². The van der Waals surface area contributed by atoms with Gasteiger partial charge in [0, 0.05) is 6.42 Å². The number of amides is 3. The molecule has 0 aliphatic carbocycles. The summed E-state index contributed by atoms with van der Waals surface area (Å²) < 4.78 is 0. The highest BCUT2D eigenvalue weighted by Gasteiger charge is 2.33. The summed E-state index contributed by atoms with van der Waals surface area (Å²) in [5, 5.41) is 35.3. The molecule has 6 unspecified atom stereocenters. The minimum atomic E-state index is -1.46. The number of hydrogen-bond acceptors (Lipinski definition) is 8. The summed E-state index contributed by atoms with van der Waals surface area (Å²) in [6, 6.07) is -4.91. The molecule has 0 aromatic carbocycles. The van der Waals surface area contributed by atoms with Crippen molar-refractivity contribution in [3.05, 3.63) is 0 Å². The van der Waals surface area contributed by atoms with E-state index in [4.69, 9.17) is 10.8 Å². The second-order valence-corrected chi connectivity index (χ2v) is 8.80. The Labute approximate surface area is 197 Å². The number of rotatable bonds is 16. The standard InChI is InChI=1S/C20H36N4O8S/c1-5-10(2)15(20(31)32)23-19(30)16(11(3)25)24-18(29)13(8-9-33-4)22-17(28)12(21)6-7-14(26)27/h10-13,15-16,25H,5-9,21H2,1-4H3,(H,22,28)(H,23,30)(H,24,29)(H,26,27)(H,31,32). The van der Waals surface area contributed by atoms with Crippen molar-refractivity contribution >= 4 is 41.4 Å². The van der Waals surface area contributed by atoms with Gasteiger partial charge in [-0.05, 0) is 37.7 Å². The van der Waals surface area contributed by atoms with E-state index in [-0.39, 0.29) is 19.3 Å². The molecule has 0 bridgehead atoms. The maximum absolute atomic E-state index is 12.8. The lowest BCUT2D eigenvalue weighted by molar-refractivity contribution is -0.144. The van der Waals surface area contributed by atoms with Crippen LogP contribution in [0.15, 0.2) is 0 Å². The molecule has 0 radical (unpaired) electrons.